The number of nitrogens with zero attached hydrogens (tertiary/aromatic N) is 2. The van der Waals surface area contributed by atoms with Gasteiger partial charge >= 0.3 is 0 Å². The summed E-state index contributed by atoms with van der Waals surface area (Å²) >= 11 is 5.65. The number of nitrogens with one attached hydrogen (secondary N) is 1. The van der Waals surface area contributed by atoms with Crippen LogP contribution in [-0.4, -0.2) is 42.3 Å². The number of carbonyl (C=O) groups excluding carboxylic acids is 2. The first-order valence-electron chi connectivity index (χ1n) is 5.75. The fraction of sp³-hybridized carbons (Fsp3) is 0.333. The van der Waals surface area contributed by atoms with Gasteiger partial charge in [0, 0.05) is 38.7 Å². The van der Waals surface area contributed by atoms with E-state index in [2.05, 4.69) is 5.32 Å². The van der Waals surface area contributed by atoms with Crippen molar-refractivity contribution in [3.8, 4) is 0 Å². The summed E-state index contributed by atoms with van der Waals surface area (Å²) in [5.41, 5.74) is -0.206. The van der Waals surface area contributed by atoms with E-state index in [4.69, 9.17) is 11.6 Å². The van der Waals surface area contributed by atoms with Gasteiger partial charge in [-0.05, 0) is 12.1 Å². The summed E-state index contributed by atoms with van der Waals surface area (Å²) in [6.07, 6.45) is 0.161. The van der Waals surface area contributed by atoms with E-state index < -0.39 is 10.8 Å². The van der Waals surface area contributed by atoms with Crippen molar-refractivity contribution >= 4 is 29.1 Å². The Hall–Kier alpha value is -2.15. The van der Waals surface area contributed by atoms with Crippen molar-refractivity contribution in [1.29, 1.82) is 0 Å². The quantitative estimate of drug-likeness (QED) is 0.658. The molecule has 0 aliphatic rings. The lowest BCUT2D eigenvalue weighted by Crippen LogP contribution is -2.30. The number of benzene rings is 1. The van der Waals surface area contributed by atoms with E-state index in [1.54, 1.807) is 14.1 Å². The largest absolute Gasteiger partial charge is 0.352 e. The number of amides is 2. The highest BCUT2D eigenvalue weighted by Crippen LogP contribution is 2.24. The molecule has 0 fully saturated rings. The summed E-state index contributed by atoms with van der Waals surface area (Å²) in [5.74, 6) is -0.608. The van der Waals surface area contributed by atoms with Gasteiger partial charge in [-0.25, -0.2) is 0 Å². The van der Waals surface area contributed by atoms with Crippen molar-refractivity contribution in [2.75, 3.05) is 20.6 Å². The Morgan fingerprint density at radius 1 is 1.40 bits per heavy atom. The van der Waals surface area contributed by atoms with E-state index in [-0.39, 0.29) is 35.1 Å². The van der Waals surface area contributed by atoms with Crippen LogP contribution < -0.4 is 5.32 Å². The van der Waals surface area contributed by atoms with Crippen LogP contribution in [0.2, 0.25) is 5.02 Å². The standard InChI is InChI=1S/C12H14ClN3O4/c1-15(2)11(17)5-6-14-12(18)8-3-4-9(13)10(7-8)16(19)20/h3-4,7H,5-6H2,1-2H3,(H,14,18). The highest BCUT2D eigenvalue weighted by Gasteiger charge is 2.16. The Kier molecular flexibility index (Phi) is 5.45. The number of halogens is 1. The maximum absolute atomic E-state index is 11.8. The molecular formula is C12H14ClN3O4. The van der Waals surface area contributed by atoms with Crippen LogP contribution in [0.1, 0.15) is 16.8 Å². The number of rotatable bonds is 5. The lowest BCUT2D eigenvalue weighted by Gasteiger charge is -2.10. The molecule has 0 aliphatic carbocycles. The van der Waals surface area contributed by atoms with Crippen LogP contribution >= 0.6 is 11.6 Å². The van der Waals surface area contributed by atoms with Gasteiger partial charge in [0.1, 0.15) is 5.02 Å². The second kappa shape index (κ2) is 6.85. The number of hydrogen-bond acceptors (Lipinski definition) is 4. The first kappa shape index (κ1) is 15.9. The van der Waals surface area contributed by atoms with E-state index in [1.807, 2.05) is 0 Å². The molecule has 20 heavy (non-hydrogen) atoms. The fourth-order valence-corrected chi connectivity index (χ4v) is 1.59. The molecule has 2 amide bonds. The van der Waals surface area contributed by atoms with Gasteiger partial charge in [-0.2, -0.15) is 0 Å². The zero-order chi connectivity index (χ0) is 15.3. The summed E-state index contributed by atoms with van der Waals surface area (Å²) in [6, 6.07) is 3.78. The van der Waals surface area contributed by atoms with Gasteiger partial charge < -0.3 is 10.2 Å². The fourth-order valence-electron chi connectivity index (χ4n) is 1.40. The number of nitro groups is 1. The molecular weight excluding hydrogens is 286 g/mol. The third-order valence-corrected chi connectivity index (χ3v) is 2.85. The third-order valence-electron chi connectivity index (χ3n) is 2.53. The second-order valence-electron chi connectivity index (χ2n) is 4.22. The molecule has 0 saturated heterocycles. The first-order chi connectivity index (χ1) is 9.32. The van der Waals surface area contributed by atoms with Crippen LogP contribution in [0, 0.1) is 10.1 Å². The Bertz CT molecular complexity index is 546. The minimum absolute atomic E-state index is 0.0330. The molecule has 1 aromatic carbocycles. The van der Waals surface area contributed by atoms with Crippen LogP contribution in [0.3, 0.4) is 0 Å². The lowest BCUT2D eigenvalue weighted by atomic mass is 10.2. The molecule has 1 aromatic rings. The zero-order valence-corrected chi connectivity index (χ0v) is 11.8. The molecule has 0 aromatic heterocycles. The van der Waals surface area contributed by atoms with Gasteiger partial charge in [-0.15, -0.1) is 0 Å². The smallest absolute Gasteiger partial charge is 0.288 e. The maximum atomic E-state index is 11.8. The van der Waals surface area contributed by atoms with Crippen molar-refractivity contribution in [2.24, 2.45) is 0 Å². The van der Waals surface area contributed by atoms with Gasteiger partial charge in [-0.1, -0.05) is 11.6 Å². The summed E-state index contributed by atoms with van der Waals surface area (Å²) in [7, 11) is 3.24. The monoisotopic (exact) mass is 299 g/mol. The molecule has 0 atom stereocenters. The van der Waals surface area contributed by atoms with E-state index in [0.717, 1.165) is 6.07 Å². The van der Waals surface area contributed by atoms with E-state index >= 15 is 0 Å². The topological polar surface area (TPSA) is 92.6 Å². The Morgan fingerprint density at radius 3 is 2.60 bits per heavy atom. The van der Waals surface area contributed by atoms with Crippen LogP contribution in [0.5, 0.6) is 0 Å². The molecule has 0 radical (unpaired) electrons. The van der Waals surface area contributed by atoms with Crippen LogP contribution in [0.4, 0.5) is 5.69 Å². The minimum atomic E-state index is -0.658. The van der Waals surface area contributed by atoms with Gasteiger partial charge in [-0.3, -0.25) is 19.7 Å². The summed E-state index contributed by atoms with van der Waals surface area (Å²) in [6.45, 7) is 0.159. The Morgan fingerprint density at radius 2 is 2.05 bits per heavy atom. The number of nitro benzene ring substituents is 1. The average molecular weight is 300 g/mol. The van der Waals surface area contributed by atoms with E-state index in [0.29, 0.717) is 0 Å². The summed E-state index contributed by atoms with van der Waals surface area (Å²) in [4.78, 5) is 34.6. The highest BCUT2D eigenvalue weighted by molar-refractivity contribution is 6.32. The van der Waals surface area contributed by atoms with Crippen LogP contribution in [0.25, 0.3) is 0 Å². The van der Waals surface area contributed by atoms with Crippen molar-refractivity contribution in [3.63, 3.8) is 0 Å². The normalized spacial score (nSPS) is 9.95. The van der Waals surface area contributed by atoms with Crippen molar-refractivity contribution in [1.82, 2.24) is 10.2 Å². The maximum Gasteiger partial charge on any atom is 0.288 e. The Labute approximate surface area is 120 Å². The summed E-state index contributed by atoms with van der Waals surface area (Å²) in [5, 5.41) is 13.2. The molecule has 0 heterocycles. The summed E-state index contributed by atoms with van der Waals surface area (Å²) < 4.78 is 0. The van der Waals surface area contributed by atoms with Gasteiger partial charge in [0.05, 0.1) is 4.92 Å². The molecule has 0 unspecified atom stereocenters. The third kappa shape index (κ3) is 4.20. The molecule has 1 N–H and O–H groups in total. The van der Waals surface area contributed by atoms with Crippen molar-refractivity contribution in [2.45, 2.75) is 6.42 Å². The highest BCUT2D eigenvalue weighted by atomic mass is 35.5. The predicted molar refractivity (Wildman–Crippen MR) is 73.8 cm³/mol. The molecule has 1 rings (SSSR count). The minimum Gasteiger partial charge on any atom is -0.352 e. The zero-order valence-electron chi connectivity index (χ0n) is 11.1. The Balaban J connectivity index is 2.67. The van der Waals surface area contributed by atoms with Crippen molar-refractivity contribution in [3.05, 3.63) is 38.9 Å². The van der Waals surface area contributed by atoms with Crippen LogP contribution in [-0.2, 0) is 4.79 Å². The molecule has 0 bridgehead atoms. The van der Waals surface area contributed by atoms with Gasteiger partial charge in [0.2, 0.25) is 5.91 Å². The second-order valence-corrected chi connectivity index (χ2v) is 4.62. The first-order valence-corrected chi connectivity index (χ1v) is 6.13. The van der Waals surface area contributed by atoms with Crippen molar-refractivity contribution < 1.29 is 14.5 Å². The molecule has 7 nitrogen and oxygen atoms in total. The number of hydrogen-bond donors (Lipinski definition) is 1. The van der Waals surface area contributed by atoms with Gasteiger partial charge in [0.15, 0.2) is 0 Å². The molecule has 108 valence electrons. The predicted octanol–water partition coefficient (Wildman–Crippen LogP) is 1.46. The average Bonchev–Trinajstić information content (AvgIpc) is 2.38. The molecule has 0 aliphatic heterocycles. The van der Waals surface area contributed by atoms with E-state index in [9.17, 15) is 19.7 Å². The van der Waals surface area contributed by atoms with Gasteiger partial charge in [0.25, 0.3) is 11.6 Å². The van der Waals surface area contributed by atoms with Crippen LogP contribution in [0.15, 0.2) is 18.2 Å². The number of carbonyl (C=O) groups is 2. The van der Waals surface area contributed by atoms with E-state index in [1.165, 1.54) is 17.0 Å². The molecule has 0 saturated carbocycles. The molecule has 0 spiro atoms. The SMILES string of the molecule is CN(C)C(=O)CCNC(=O)c1ccc(Cl)c([N+](=O)[O-])c1. The molecule has 8 heteroatoms. The lowest BCUT2D eigenvalue weighted by molar-refractivity contribution is -0.384.